The minimum Gasteiger partial charge on any atom is -0.480 e. The third-order valence-electron chi connectivity index (χ3n) is 2.20. The maximum atomic E-state index is 12.5. The Morgan fingerprint density at radius 1 is 1.47 bits per heavy atom. The van der Waals surface area contributed by atoms with Crippen LogP contribution in [0.2, 0.25) is 0 Å². The highest BCUT2D eigenvalue weighted by atomic mass is 19.4. The zero-order chi connectivity index (χ0) is 13.1. The Morgan fingerprint density at radius 3 is 2.59 bits per heavy atom. The van der Waals surface area contributed by atoms with Crippen molar-refractivity contribution in [2.45, 2.75) is 19.1 Å². The first kappa shape index (κ1) is 13.5. The Hall–Kier alpha value is -1.56. The second kappa shape index (κ2) is 5.18. The lowest BCUT2D eigenvalue weighted by molar-refractivity contribution is -0.140. The van der Waals surface area contributed by atoms with E-state index in [-0.39, 0.29) is 5.56 Å². The van der Waals surface area contributed by atoms with Gasteiger partial charge in [-0.3, -0.25) is 4.79 Å². The Morgan fingerprint density at radius 2 is 2.12 bits per heavy atom. The molecule has 0 fully saturated rings. The van der Waals surface area contributed by atoms with Crippen LogP contribution in [0.15, 0.2) is 24.3 Å². The summed E-state index contributed by atoms with van der Waals surface area (Å²) in [7, 11) is 0. The molecule has 0 saturated carbocycles. The number of hydrogen-bond donors (Lipinski definition) is 2. The molecule has 3 nitrogen and oxygen atoms in total. The van der Waals surface area contributed by atoms with Gasteiger partial charge in [0.1, 0.15) is 6.04 Å². The second-order valence-electron chi connectivity index (χ2n) is 3.45. The van der Waals surface area contributed by atoms with Crippen LogP contribution in [-0.4, -0.2) is 17.6 Å². The van der Waals surface area contributed by atoms with Crippen LogP contribution >= 0.6 is 0 Å². The fraction of sp³-hybridized carbons (Fsp3) is 0.364. The summed E-state index contributed by atoms with van der Waals surface area (Å²) in [5, 5.41) is 11.5. The predicted molar refractivity (Wildman–Crippen MR) is 55.5 cm³/mol. The van der Waals surface area contributed by atoms with Crippen LogP contribution in [0.3, 0.4) is 0 Å². The number of carboxylic acid groups (broad SMARTS) is 1. The van der Waals surface area contributed by atoms with Crippen LogP contribution in [-0.2, 0) is 11.0 Å². The van der Waals surface area contributed by atoms with Crippen LogP contribution in [0.4, 0.5) is 13.2 Å². The summed E-state index contributed by atoms with van der Waals surface area (Å²) in [6.07, 6.45) is -4.47. The number of halogens is 3. The number of hydrogen-bond acceptors (Lipinski definition) is 2. The molecule has 0 spiro atoms. The van der Waals surface area contributed by atoms with Gasteiger partial charge >= 0.3 is 12.1 Å². The quantitative estimate of drug-likeness (QED) is 0.859. The van der Waals surface area contributed by atoms with Crippen molar-refractivity contribution in [3.63, 3.8) is 0 Å². The van der Waals surface area contributed by atoms with Gasteiger partial charge in [-0.1, -0.05) is 19.1 Å². The van der Waals surface area contributed by atoms with E-state index in [0.717, 1.165) is 12.1 Å². The van der Waals surface area contributed by atoms with Crippen molar-refractivity contribution in [2.24, 2.45) is 0 Å². The minimum atomic E-state index is -4.47. The van der Waals surface area contributed by atoms with E-state index in [9.17, 15) is 18.0 Å². The van der Waals surface area contributed by atoms with E-state index < -0.39 is 23.8 Å². The molecule has 1 aromatic rings. The highest BCUT2D eigenvalue weighted by molar-refractivity contribution is 5.75. The SMILES string of the molecule is CCNC(C(=O)O)c1cccc(C(F)(F)F)c1. The van der Waals surface area contributed by atoms with E-state index in [1.54, 1.807) is 6.92 Å². The summed E-state index contributed by atoms with van der Waals surface area (Å²) in [5.41, 5.74) is -0.756. The van der Waals surface area contributed by atoms with Gasteiger partial charge in [-0.15, -0.1) is 0 Å². The molecule has 0 aromatic heterocycles. The molecule has 1 atom stereocenters. The van der Waals surface area contributed by atoms with E-state index in [1.807, 2.05) is 0 Å². The van der Waals surface area contributed by atoms with Gasteiger partial charge in [0, 0.05) is 0 Å². The number of rotatable bonds is 4. The van der Waals surface area contributed by atoms with E-state index in [2.05, 4.69) is 5.32 Å². The Labute approximate surface area is 96.3 Å². The zero-order valence-electron chi connectivity index (χ0n) is 9.08. The molecule has 1 rings (SSSR count). The summed E-state index contributed by atoms with van der Waals surface area (Å²) < 4.78 is 37.4. The van der Waals surface area contributed by atoms with Crippen LogP contribution in [0.25, 0.3) is 0 Å². The molecule has 0 radical (unpaired) electrons. The van der Waals surface area contributed by atoms with Gasteiger partial charge in [-0.05, 0) is 24.2 Å². The highest BCUT2D eigenvalue weighted by Gasteiger charge is 2.31. The first-order valence-corrected chi connectivity index (χ1v) is 4.99. The van der Waals surface area contributed by atoms with E-state index in [1.165, 1.54) is 12.1 Å². The molecule has 94 valence electrons. The van der Waals surface area contributed by atoms with Crippen molar-refractivity contribution < 1.29 is 23.1 Å². The van der Waals surface area contributed by atoms with Crippen LogP contribution in [0, 0.1) is 0 Å². The first-order valence-electron chi connectivity index (χ1n) is 4.99. The molecule has 0 aliphatic carbocycles. The maximum Gasteiger partial charge on any atom is 0.416 e. The van der Waals surface area contributed by atoms with E-state index in [4.69, 9.17) is 5.11 Å². The normalized spacial score (nSPS) is 13.4. The van der Waals surface area contributed by atoms with Crippen molar-refractivity contribution in [3.05, 3.63) is 35.4 Å². The standard InChI is InChI=1S/C11H12F3NO2/c1-2-15-9(10(16)17)7-4-3-5-8(6-7)11(12,13)14/h3-6,9,15H,2H2,1H3,(H,16,17). The predicted octanol–water partition coefficient (Wildman–Crippen LogP) is 2.44. The largest absolute Gasteiger partial charge is 0.480 e. The minimum absolute atomic E-state index is 0.0918. The summed E-state index contributed by atoms with van der Waals surface area (Å²) >= 11 is 0. The number of likely N-dealkylation sites (N-methyl/N-ethyl adjacent to an activating group) is 1. The molecular formula is C11H12F3NO2. The highest BCUT2D eigenvalue weighted by Crippen LogP contribution is 2.30. The van der Waals surface area contributed by atoms with Gasteiger partial charge in [0.2, 0.25) is 0 Å². The van der Waals surface area contributed by atoms with Crippen LogP contribution in [0.1, 0.15) is 24.1 Å². The van der Waals surface area contributed by atoms with E-state index in [0.29, 0.717) is 6.54 Å². The molecular weight excluding hydrogens is 235 g/mol. The van der Waals surface area contributed by atoms with Gasteiger partial charge in [-0.25, -0.2) is 0 Å². The molecule has 2 N–H and O–H groups in total. The van der Waals surface area contributed by atoms with Crippen LogP contribution < -0.4 is 5.32 Å². The van der Waals surface area contributed by atoms with Crippen molar-refractivity contribution in [3.8, 4) is 0 Å². The molecule has 1 aromatic carbocycles. The molecule has 0 aliphatic heterocycles. The van der Waals surface area contributed by atoms with Gasteiger partial charge in [0.15, 0.2) is 0 Å². The molecule has 0 bridgehead atoms. The van der Waals surface area contributed by atoms with Crippen molar-refractivity contribution >= 4 is 5.97 Å². The smallest absolute Gasteiger partial charge is 0.416 e. The monoisotopic (exact) mass is 247 g/mol. The molecule has 1 unspecified atom stereocenters. The summed E-state index contributed by atoms with van der Waals surface area (Å²) in [6.45, 7) is 2.04. The molecule has 0 heterocycles. The number of carbonyl (C=O) groups is 1. The Bertz CT molecular complexity index is 404. The number of alkyl halides is 3. The first-order chi connectivity index (χ1) is 7.86. The fourth-order valence-corrected chi connectivity index (χ4v) is 1.45. The lowest BCUT2D eigenvalue weighted by Crippen LogP contribution is -2.28. The van der Waals surface area contributed by atoms with Crippen molar-refractivity contribution in [1.29, 1.82) is 0 Å². The lowest BCUT2D eigenvalue weighted by Gasteiger charge is -2.15. The summed E-state index contributed by atoms with van der Waals surface area (Å²) in [6, 6.07) is 3.19. The third-order valence-corrected chi connectivity index (χ3v) is 2.20. The molecule has 0 amide bonds. The van der Waals surface area contributed by atoms with E-state index >= 15 is 0 Å². The molecule has 0 saturated heterocycles. The van der Waals surface area contributed by atoms with Gasteiger partial charge in [-0.2, -0.15) is 13.2 Å². The Kier molecular flexibility index (Phi) is 4.11. The van der Waals surface area contributed by atoms with Gasteiger partial charge in [0.25, 0.3) is 0 Å². The fourth-order valence-electron chi connectivity index (χ4n) is 1.45. The second-order valence-corrected chi connectivity index (χ2v) is 3.45. The third kappa shape index (κ3) is 3.45. The number of nitrogens with one attached hydrogen (secondary N) is 1. The molecule has 6 heteroatoms. The summed E-state index contributed by atoms with van der Waals surface area (Å²) in [5.74, 6) is -1.20. The summed E-state index contributed by atoms with van der Waals surface area (Å²) in [4.78, 5) is 10.9. The van der Waals surface area contributed by atoms with Crippen LogP contribution in [0.5, 0.6) is 0 Å². The van der Waals surface area contributed by atoms with Gasteiger partial charge < -0.3 is 10.4 Å². The number of benzene rings is 1. The van der Waals surface area contributed by atoms with Gasteiger partial charge in [0.05, 0.1) is 5.56 Å². The number of aliphatic carboxylic acids is 1. The number of carboxylic acids is 1. The average Bonchev–Trinajstić information content (AvgIpc) is 2.24. The average molecular weight is 247 g/mol. The van der Waals surface area contributed by atoms with Crippen molar-refractivity contribution in [2.75, 3.05) is 6.54 Å². The zero-order valence-corrected chi connectivity index (χ0v) is 9.08. The lowest BCUT2D eigenvalue weighted by atomic mass is 10.0. The molecule has 17 heavy (non-hydrogen) atoms. The van der Waals surface area contributed by atoms with Crippen molar-refractivity contribution in [1.82, 2.24) is 5.32 Å². The molecule has 0 aliphatic rings. The maximum absolute atomic E-state index is 12.5. The Balaban J connectivity index is 3.08. The topological polar surface area (TPSA) is 49.3 Å².